The third kappa shape index (κ3) is 4.29. The molecule has 0 saturated heterocycles. The molecule has 0 unspecified atom stereocenters. The van der Waals surface area contributed by atoms with Gasteiger partial charge in [0.1, 0.15) is 12.6 Å². The van der Waals surface area contributed by atoms with Gasteiger partial charge in [-0.25, -0.2) is 9.59 Å². The summed E-state index contributed by atoms with van der Waals surface area (Å²) in [5, 5.41) is 12.0. The lowest BCUT2D eigenvalue weighted by molar-refractivity contribution is -0.139. The highest BCUT2D eigenvalue weighted by Gasteiger charge is 2.23. The molecule has 1 amide bonds. The summed E-state index contributed by atoms with van der Waals surface area (Å²) in [5.74, 6) is -1.09. The average molecular weight is 387 g/mol. The number of carbonyl (C=O) groups excluding carboxylic acids is 1. The number of hydrogen-bond donors (Lipinski definition) is 2. The van der Waals surface area contributed by atoms with Crippen molar-refractivity contribution in [2.75, 3.05) is 0 Å². The number of alkyl carbamates (subject to hydrolysis) is 1. The highest BCUT2D eigenvalue weighted by molar-refractivity contribution is 5.81. The maximum absolute atomic E-state index is 12.1. The fourth-order valence-electron chi connectivity index (χ4n) is 3.67. The summed E-state index contributed by atoms with van der Waals surface area (Å²) in [6.07, 6.45) is 0.290. The minimum absolute atomic E-state index is 0.0934. The Morgan fingerprint density at radius 3 is 2.41 bits per heavy atom. The van der Waals surface area contributed by atoms with Gasteiger partial charge >= 0.3 is 12.1 Å². The van der Waals surface area contributed by atoms with E-state index in [4.69, 9.17) is 4.74 Å². The molecule has 0 heterocycles. The highest BCUT2D eigenvalue weighted by Crippen LogP contribution is 2.36. The summed E-state index contributed by atoms with van der Waals surface area (Å²) >= 11 is 0. The number of benzene rings is 3. The van der Waals surface area contributed by atoms with Gasteiger partial charge in [-0.3, -0.25) is 0 Å². The predicted molar refractivity (Wildman–Crippen MR) is 110 cm³/mol. The standard InChI is InChI=1S/C24H21NO4/c26-23(27)22(25-24(28)29-15-16-6-2-1-3-7-16)13-17-10-11-21-19(12-17)14-18-8-4-5-9-20(18)21/h1-12,22H,13-15H2,(H,25,28)(H,26,27)/t22-/m1/s1. The molecule has 146 valence electrons. The van der Waals surface area contributed by atoms with Crippen molar-refractivity contribution in [2.24, 2.45) is 0 Å². The van der Waals surface area contributed by atoms with Gasteiger partial charge in [0, 0.05) is 6.42 Å². The Morgan fingerprint density at radius 2 is 1.62 bits per heavy atom. The second-order valence-corrected chi connectivity index (χ2v) is 7.13. The second kappa shape index (κ2) is 8.19. The number of hydrogen-bond acceptors (Lipinski definition) is 3. The molecule has 1 aliphatic carbocycles. The minimum Gasteiger partial charge on any atom is -0.480 e. The first-order valence-corrected chi connectivity index (χ1v) is 9.50. The number of amides is 1. The summed E-state index contributed by atoms with van der Waals surface area (Å²) in [7, 11) is 0. The fourth-order valence-corrected chi connectivity index (χ4v) is 3.67. The zero-order chi connectivity index (χ0) is 20.2. The van der Waals surface area contributed by atoms with E-state index in [0.717, 1.165) is 17.5 Å². The molecule has 1 aliphatic rings. The van der Waals surface area contributed by atoms with Gasteiger partial charge in [-0.15, -0.1) is 0 Å². The van der Waals surface area contributed by atoms with Crippen molar-refractivity contribution in [3.05, 3.63) is 95.1 Å². The van der Waals surface area contributed by atoms with E-state index >= 15 is 0 Å². The number of fused-ring (bicyclic) bond motifs is 3. The molecule has 0 fully saturated rings. The highest BCUT2D eigenvalue weighted by atomic mass is 16.5. The van der Waals surface area contributed by atoms with E-state index in [-0.39, 0.29) is 13.0 Å². The Kier molecular flexibility index (Phi) is 5.29. The minimum atomic E-state index is -1.09. The van der Waals surface area contributed by atoms with E-state index in [9.17, 15) is 14.7 Å². The number of carbonyl (C=O) groups is 2. The topological polar surface area (TPSA) is 75.6 Å². The van der Waals surface area contributed by atoms with Crippen molar-refractivity contribution >= 4 is 12.1 Å². The maximum atomic E-state index is 12.1. The molecule has 5 nitrogen and oxygen atoms in total. The molecule has 0 bridgehead atoms. The van der Waals surface area contributed by atoms with Crippen LogP contribution in [0, 0.1) is 0 Å². The lowest BCUT2D eigenvalue weighted by Crippen LogP contribution is -2.42. The third-order valence-electron chi connectivity index (χ3n) is 5.10. The van der Waals surface area contributed by atoms with Gasteiger partial charge in [-0.2, -0.15) is 0 Å². The second-order valence-electron chi connectivity index (χ2n) is 7.13. The molecule has 4 rings (SSSR count). The molecule has 0 radical (unpaired) electrons. The zero-order valence-corrected chi connectivity index (χ0v) is 15.8. The van der Waals surface area contributed by atoms with Gasteiger partial charge in [-0.1, -0.05) is 72.8 Å². The van der Waals surface area contributed by atoms with Crippen LogP contribution in [0.4, 0.5) is 4.79 Å². The van der Waals surface area contributed by atoms with Crippen molar-refractivity contribution in [3.8, 4) is 11.1 Å². The van der Waals surface area contributed by atoms with Crippen LogP contribution in [-0.4, -0.2) is 23.2 Å². The van der Waals surface area contributed by atoms with Crippen LogP contribution in [0.2, 0.25) is 0 Å². The van der Waals surface area contributed by atoms with Crippen molar-refractivity contribution in [1.29, 1.82) is 0 Å². The van der Waals surface area contributed by atoms with Crippen LogP contribution in [0.1, 0.15) is 22.3 Å². The monoisotopic (exact) mass is 387 g/mol. The van der Waals surface area contributed by atoms with Crippen LogP contribution < -0.4 is 5.32 Å². The molecule has 0 saturated carbocycles. The molecular formula is C24H21NO4. The predicted octanol–water partition coefficient (Wildman–Crippen LogP) is 4.18. The van der Waals surface area contributed by atoms with E-state index in [1.807, 2.05) is 60.7 Å². The van der Waals surface area contributed by atoms with Crippen molar-refractivity contribution < 1.29 is 19.4 Å². The SMILES string of the molecule is O=C(N[C@H](Cc1ccc2c(c1)Cc1ccccc1-2)C(=O)O)OCc1ccccc1. The van der Waals surface area contributed by atoms with Gasteiger partial charge in [0.2, 0.25) is 0 Å². The molecule has 2 N–H and O–H groups in total. The van der Waals surface area contributed by atoms with E-state index in [1.54, 1.807) is 0 Å². The van der Waals surface area contributed by atoms with E-state index in [0.29, 0.717) is 0 Å². The van der Waals surface area contributed by atoms with Gasteiger partial charge in [0.15, 0.2) is 0 Å². The number of aliphatic carboxylic acids is 1. The molecule has 1 atom stereocenters. The number of nitrogens with one attached hydrogen (secondary N) is 1. The molecule has 3 aromatic carbocycles. The molecule has 0 spiro atoms. The molecule has 0 aromatic heterocycles. The summed E-state index contributed by atoms with van der Waals surface area (Å²) in [4.78, 5) is 23.7. The lowest BCUT2D eigenvalue weighted by Gasteiger charge is -2.15. The zero-order valence-electron chi connectivity index (χ0n) is 15.8. The summed E-state index contributed by atoms with van der Waals surface area (Å²) in [6.45, 7) is 0.0934. The molecular weight excluding hydrogens is 366 g/mol. The number of carboxylic acids is 1. The maximum Gasteiger partial charge on any atom is 0.408 e. The number of carboxylic acid groups (broad SMARTS) is 1. The van der Waals surface area contributed by atoms with Crippen LogP contribution in [0.25, 0.3) is 11.1 Å². The molecule has 0 aliphatic heterocycles. The van der Waals surface area contributed by atoms with E-state index < -0.39 is 18.1 Å². The van der Waals surface area contributed by atoms with E-state index in [1.165, 1.54) is 22.3 Å². The van der Waals surface area contributed by atoms with Crippen LogP contribution in [0.3, 0.4) is 0 Å². The first-order valence-electron chi connectivity index (χ1n) is 9.50. The van der Waals surface area contributed by atoms with Crippen LogP contribution >= 0.6 is 0 Å². The number of ether oxygens (including phenoxy) is 1. The molecule has 5 heteroatoms. The Labute approximate surface area is 169 Å². The van der Waals surface area contributed by atoms with E-state index in [2.05, 4.69) is 17.4 Å². The van der Waals surface area contributed by atoms with Gasteiger partial charge < -0.3 is 15.2 Å². The molecule has 3 aromatic rings. The first kappa shape index (κ1) is 18.7. The Morgan fingerprint density at radius 1 is 0.897 bits per heavy atom. The van der Waals surface area contributed by atoms with Crippen molar-refractivity contribution in [3.63, 3.8) is 0 Å². The van der Waals surface area contributed by atoms with Crippen LogP contribution in [0.15, 0.2) is 72.8 Å². The summed E-state index contributed by atoms with van der Waals surface area (Å²) < 4.78 is 5.15. The van der Waals surface area contributed by atoms with Crippen molar-refractivity contribution in [1.82, 2.24) is 5.32 Å². The third-order valence-corrected chi connectivity index (χ3v) is 5.10. The summed E-state index contributed by atoms with van der Waals surface area (Å²) in [5.41, 5.74) is 6.58. The Balaban J connectivity index is 1.40. The molecule has 29 heavy (non-hydrogen) atoms. The Bertz CT molecular complexity index is 1050. The average Bonchev–Trinajstić information content (AvgIpc) is 3.10. The first-order chi connectivity index (χ1) is 14.1. The van der Waals surface area contributed by atoms with Crippen molar-refractivity contribution in [2.45, 2.75) is 25.5 Å². The van der Waals surface area contributed by atoms with Crippen LogP contribution in [0.5, 0.6) is 0 Å². The fraction of sp³-hybridized carbons (Fsp3) is 0.167. The Hall–Kier alpha value is -3.60. The normalized spacial score (nSPS) is 12.6. The van der Waals surface area contributed by atoms with Crippen LogP contribution in [-0.2, 0) is 29.0 Å². The quantitative estimate of drug-likeness (QED) is 0.520. The number of rotatable bonds is 6. The summed E-state index contributed by atoms with van der Waals surface area (Å²) in [6, 6.07) is 22.4. The smallest absolute Gasteiger partial charge is 0.408 e. The van der Waals surface area contributed by atoms with Gasteiger partial charge in [0.25, 0.3) is 0 Å². The van der Waals surface area contributed by atoms with Gasteiger partial charge in [-0.05, 0) is 39.8 Å². The van der Waals surface area contributed by atoms with Gasteiger partial charge in [0.05, 0.1) is 0 Å². The lowest BCUT2D eigenvalue weighted by atomic mass is 9.99. The largest absolute Gasteiger partial charge is 0.480 e.